The van der Waals surface area contributed by atoms with E-state index >= 15 is 0 Å². The van der Waals surface area contributed by atoms with Crippen LogP contribution in [0.25, 0.3) is 0 Å². The first-order valence-corrected chi connectivity index (χ1v) is 14.2. The van der Waals surface area contributed by atoms with Crippen molar-refractivity contribution in [3.63, 3.8) is 0 Å². The molecular formula is C38H47N3. The summed E-state index contributed by atoms with van der Waals surface area (Å²) < 4.78 is 0. The maximum Gasteiger partial charge on any atom is 0.0484 e. The molecular weight excluding hydrogens is 498 g/mol. The predicted molar refractivity (Wildman–Crippen MR) is 184 cm³/mol. The van der Waals surface area contributed by atoms with E-state index in [1.165, 1.54) is 5.56 Å². The molecule has 0 saturated heterocycles. The lowest BCUT2D eigenvalue weighted by Gasteiger charge is -2.28. The summed E-state index contributed by atoms with van der Waals surface area (Å²) in [5.41, 5.74) is 9.29. The molecule has 0 radical (unpaired) electrons. The summed E-state index contributed by atoms with van der Waals surface area (Å²) in [5, 5.41) is 0. The van der Waals surface area contributed by atoms with Gasteiger partial charge in [0.25, 0.3) is 0 Å². The summed E-state index contributed by atoms with van der Waals surface area (Å²) in [6, 6.07) is 16.9. The molecule has 2 rings (SSSR count). The summed E-state index contributed by atoms with van der Waals surface area (Å²) in [6.45, 7) is 27.8. The van der Waals surface area contributed by atoms with Crippen LogP contribution < -0.4 is 9.80 Å². The smallest absolute Gasteiger partial charge is 0.0484 e. The van der Waals surface area contributed by atoms with Gasteiger partial charge in [0.2, 0.25) is 0 Å². The highest BCUT2D eigenvalue weighted by molar-refractivity contribution is 5.73. The lowest BCUT2D eigenvalue weighted by Crippen LogP contribution is -2.21. The van der Waals surface area contributed by atoms with Crippen LogP contribution in [0, 0.1) is 0 Å². The Bertz CT molecular complexity index is 1350. The number of rotatable bonds is 16. The minimum Gasteiger partial charge on any atom is -0.378 e. The van der Waals surface area contributed by atoms with Crippen LogP contribution in [0.15, 0.2) is 158 Å². The molecule has 0 heterocycles. The highest BCUT2D eigenvalue weighted by atomic mass is 15.2. The summed E-state index contributed by atoms with van der Waals surface area (Å²) in [5.74, 6) is 0. The zero-order valence-electron chi connectivity index (χ0n) is 25.7. The SMILES string of the molecule is C=C/C=C(\C)N(CC)C(/C=C\Cc1cc(N(C)C)cc(N(C(=C)C=C)c2ccccc2)c1)=C(/C=C)C(=C)/C=C\CC. The van der Waals surface area contributed by atoms with Crippen molar-refractivity contribution in [1.82, 2.24) is 4.90 Å². The Balaban J connectivity index is 2.64. The van der Waals surface area contributed by atoms with E-state index in [1.54, 1.807) is 6.08 Å². The van der Waals surface area contributed by atoms with Crippen LogP contribution in [0.3, 0.4) is 0 Å². The van der Waals surface area contributed by atoms with Crippen molar-refractivity contribution >= 4 is 17.1 Å². The Labute approximate surface area is 249 Å². The van der Waals surface area contributed by atoms with E-state index in [1.807, 2.05) is 36.4 Å². The minimum atomic E-state index is 0.741. The molecule has 0 saturated carbocycles. The van der Waals surface area contributed by atoms with Crippen molar-refractivity contribution in [2.75, 3.05) is 30.4 Å². The van der Waals surface area contributed by atoms with Crippen LogP contribution in [0.5, 0.6) is 0 Å². The number of hydrogen-bond acceptors (Lipinski definition) is 3. The van der Waals surface area contributed by atoms with E-state index in [0.29, 0.717) is 0 Å². The molecule has 0 aliphatic rings. The molecule has 0 fully saturated rings. The van der Waals surface area contributed by atoms with Gasteiger partial charge in [0.1, 0.15) is 0 Å². The normalized spacial score (nSPS) is 12.2. The Hall–Kier alpha value is -4.50. The van der Waals surface area contributed by atoms with Crippen LogP contribution in [0.2, 0.25) is 0 Å². The summed E-state index contributed by atoms with van der Waals surface area (Å²) in [7, 11) is 4.13. The number of benzene rings is 2. The van der Waals surface area contributed by atoms with Gasteiger partial charge in [-0.1, -0.05) is 88.4 Å². The first-order chi connectivity index (χ1) is 19.7. The highest BCUT2D eigenvalue weighted by Gasteiger charge is 2.15. The lowest BCUT2D eigenvalue weighted by molar-refractivity contribution is 0.462. The van der Waals surface area contributed by atoms with E-state index in [2.05, 4.69) is 137 Å². The molecule has 0 bridgehead atoms. The van der Waals surface area contributed by atoms with Crippen molar-refractivity contribution in [1.29, 1.82) is 0 Å². The third-order valence-corrected chi connectivity index (χ3v) is 6.68. The van der Waals surface area contributed by atoms with Crippen LogP contribution in [-0.2, 0) is 6.42 Å². The van der Waals surface area contributed by atoms with Gasteiger partial charge < -0.3 is 14.7 Å². The van der Waals surface area contributed by atoms with Gasteiger partial charge in [0.15, 0.2) is 0 Å². The maximum absolute atomic E-state index is 4.34. The van der Waals surface area contributed by atoms with Gasteiger partial charge in [-0.25, -0.2) is 0 Å². The van der Waals surface area contributed by atoms with Crippen LogP contribution >= 0.6 is 0 Å². The van der Waals surface area contributed by atoms with Crippen molar-refractivity contribution in [3.8, 4) is 0 Å². The average molecular weight is 546 g/mol. The second-order valence-corrected chi connectivity index (χ2v) is 9.85. The molecule has 0 unspecified atom stereocenters. The second-order valence-electron chi connectivity index (χ2n) is 9.85. The third-order valence-electron chi connectivity index (χ3n) is 6.68. The molecule has 0 aliphatic heterocycles. The molecule has 3 heteroatoms. The Morgan fingerprint density at radius 2 is 1.51 bits per heavy atom. The van der Waals surface area contributed by atoms with Gasteiger partial charge in [-0.2, -0.15) is 0 Å². The van der Waals surface area contributed by atoms with E-state index in [4.69, 9.17) is 0 Å². The topological polar surface area (TPSA) is 9.72 Å². The Kier molecular flexibility index (Phi) is 13.2. The van der Waals surface area contributed by atoms with Crippen LogP contribution in [0.1, 0.15) is 32.8 Å². The number of nitrogens with zero attached hydrogens (tertiary/aromatic N) is 3. The molecule has 0 atom stereocenters. The quantitative estimate of drug-likeness (QED) is 0.194. The first kappa shape index (κ1) is 32.7. The highest BCUT2D eigenvalue weighted by Crippen LogP contribution is 2.33. The molecule has 41 heavy (non-hydrogen) atoms. The number of anilines is 3. The second kappa shape index (κ2) is 16.6. The van der Waals surface area contributed by atoms with E-state index in [9.17, 15) is 0 Å². The Morgan fingerprint density at radius 3 is 2.07 bits per heavy atom. The molecule has 0 aliphatic carbocycles. The van der Waals surface area contributed by atoms with Crippen molar-refractivity contribution < 1.29 is 0 Å². The van der Waals surface area contributed by atoms with Gasteiger partial charge in [0, 0.05) is 60.4 Å². The molecule has 214 valence electrons. The van der Waals surface area contributed by atoms with Gasteiger partial charge in [0.05, 0.1) is 0 Å². The van der Waals surface area contributed by atoms with E-state index in [-0.39, 0.29) is 0 Å². The average Bonchev–Trinajstić information content (AvgIpc) is 2.97. The van der Waals surface area contributed by atoms with Crippen molar-refractivity contribution in [2.45, 2.75) is 33.6 Å². The third kappa shape index (κ3) is 9.01. The van der Waals surface area contributed by atoms with E-state index < -0.39 is 0 Å². The molecule has 3 nitrogen and oxygen atoms in total. The van der Waals surface area contributed by atoms with Gasteiger partial charge >= 0.3 is 0 Å². The molecule has 0 amide bonds. The molecule has 2 aromatic carbocycles. The van der Waals surface area contributed by atoms with Gasteiger partial charge in [-0.05, 0) is 86.4 Å². The fourth-order valence-electron chi connectivity index (χ4n) is 4.56. The zero-order chi connectivity index (χ0) is 30.4. The molecule has 0 N–H and O–H groups in total. The maximum atomic E-state index is 4.34. The summed E-state index contributed by atoms with van der Waals surface area (Å²) in [4.78, 5) is 6.54. The fraction of sp³-hybridized carbons (Fsp3) is 0.211. The monoisotopic (exact) mass is 545 g/mol. The largest absolute Gasteiger partial charge is 0.378 e. The fourth-order valence-corrected chi connectivity index (χ4v) is 4.56. The number of hydrogen-bond donors (Lipinski definition) is 0. The van der Waals surface area contributed by atoms with Gasteiger partial charge in [-0.15, -0.1) is 0 Å². The number of para-hydroxylation sites is 1. The molecule has 0 aromatic heterocycles. The molecule has 0 spiro atoms. The minimum absolute atomic E-state index is 0.741. The summed E-state index contributed by atoms with van der Waals surface area (Å²) in [6.07, 6.45) is 17.8. The van der Waals surface area contributed by atoms with Crippen LogP contribution in [0.4, 0.5) is 17.1 Å². The standard InChI is InChI=1S/C38H47N3/c1-11-16-22-30(6)37(14-4)38(40(15-5)32(8)21-12-2)26-20-23-33-27-35(39(9)10)29-36(28-33)41(31(7)13-3)34-24-18-17-19-25-34/h12-14,16-22,24-29H,2-4,6-7,11,15,23H2,1,5,8-10H3/b22-16-,26-20-,32-21+,38-37-. The van der Waals surface area contributed by atoms with E-state index in [0.717, 1.165) is 64.7 Å². The summed E-state index contributed by atoms with van der Waals surface area (Å²) >= 11 is 0. The predicted octanol–water partition coefficient (Wildman–Crippen LogP) is 10.1. The van der Waals surface area contributed by atoms with Crippen LogP contribution in [-0.4, -0.2) is 25.5 Å². The lowest BCUT2D eigenvalue weighted by atomic mass is 10.0. The van der Waals surface area contributed by atoms with Crippen molar-refractivity contribution in [2.24, 2.45) is 0 Å². The molecule has 2 aromatic rings. The zero-order valence-corrected chi connectivity index (χ0v) is 25.7. The Morgan fingerprint density at radius 1 is 0.829 bits per heavy atom. The number of likely N-dealkylation sites (N-methyl/N-ethyl adjacent to an activating group) is 1. The van der Waals surface area contributed by atoms with Crippen molar-refractivity contribution in [3.05, 3.63) is 164 Å². The van der Waals surface area contributed by atoms with Gasteiger partial charge in [-0.3, -0.25) is 0 Å². The first-order valence-electron chi connectivity index (χ1n) is 14.2. The number of allylic oxidation sites excluding steroid dienone is 11.